The number of hydrogen-bond acceptors (Lipinski definition) is 5. The van der Waals surface area contributed by atoms with E-state index in [0.717, 1.165) is 16.7 Å². The van der Waals surface area contributed by atoms with E-state index in [1.807, 2.05) is 31.3 Å². The van der Waals surface area contributed by atoms with Gasteiger partial charge in [-0.05, 0) is 43.7 Å². The number of nitrogens with zero attached hydrogens (tertiary/aromatic N) is 1. The number of esters is 1. The van der Waals surface area contributed by atoms with Gasteiger partial charge in [-0.2, -0.15) is 0 Å². The topological polar surface area (TPSA) is 69.9 Å². The Kier molecular flexibility index (Phi) is 6.86. The van der Waals surface area contributed by atoms with Crippen LogP contribution in [0.3, 0.4) is 0 Å². The molecular formula is C20H25NO5. The van der Waals surface area contributed by atoms with E-state index < -0.39 is 0 Å². The Morgan fingerprint density at radius 1 is 1.31 bits per heavy atom. The number of aliphatic hydroxyl groups excluding tert-OH is 1. The van der Waals surface area contributed by atoms with Crippen molar-refractivity contribution in [2.45, 2.75) is 13.8 Å². The molecule has 0 radical (unpaired) electrons. The number of benzene rings is 1. The zero-order valence-corrected chi connectivity index (χ0v) is 15.6. The lowest BCUT2D eigenvalue weighted by Crippen LogP contribution is -2.08. The summed E-state index contributed by atoms with van der Waals surface area (Å²) in [6.07, 6.45) is 3.82. The van der Waals surface area contributed by atoms with Crippen LogP contribution in [0.1, 0.15) is 35.5 Å². The second kappa shape index (κ2) is 9.10. The Bertz CT molecular complexity index is 791. The molecule has 0 spiro atoms. The van der Waals surface area contributed by atoms with E-state index in [0.29, 0.717) is 23.8 Å². The molecular weight excluding hydrogens is 334 g/mol. The van der Waals surface area contributed by atoms with E-state index in [1.165, 1.54) is 0 Å². The van der Waals surface area contributed by atoms with Gasteiger partial charge in [0, 0.05) is 24.4 Å². The fourth-order valence-electron chi connectivity index (χ4n) is 2.73. The van der Waals surface area contributed by atoms with Crippen molar-refractivity contribution in [3.05, 3.63) is 53.4 Å². The van der Waals surface area contributed by atoms with Crippen molar-refractivity contribution in [2.75, 3.05) is 26.9 Å². The highest BCUT2D eigenvalue weighted by Crippen LogP contribution is 2.35. The Morgan fingerprint density at radius 2 is 2.08 bits per heavy atom. The number of carbonyl (C=O) groups excluding carboxylic acids is 1. The Hall–Kier alpha value is -2.73. The Balaban J connectivity index is 2.48. The molecule has 1 aromatic carbocycles. The number of methoxy groups -OCH3 is 1. The second-order valence-corrected chi connectivity index (χ2v) is 5.58. The summed E-state index contributed by atoms with van der Waals surface area (Å²) in [4.78, 5) is 12.1. The highest BCUT2D eigenvalue weighted by atomic mass is 16.5. The maximum atomic E-state index is 12.1. The molecule has 0 aliphatic heterocycles. The van der Waals surface area contributed by atoms with Crippen LogP contribution in [-0.4, -0.2) is 42.6 Å². The maximum absolute atomic E-state index is 12.1. The summed E-state index contributed by atoms with van der Waals surface area (Å²) in [5.41, 5.74) is 3.05. The number of rotatable bonds is 8. The van der Waals surface area contributed by atoms with Gasteiger partial charge in [0.05, 0.1) is 20.3 Å². The molecule has 1 aromatic heterocycles. The number of aryl methyl sites for hydroxylation is 1. The quantitative estimate of drug-likeness (QED) is 0.734. The second-order valence-electron chi connectivity index (χ2n) is 5.58. The molecule has 0 atom stereocenters. The fourth-order valence-corrected chi connectivity index (χ4v) is 2.73. The van der Waals surface area contributed by atoms with Gasteiger partial charge >= 0.3 is 5.97 Å². The molecule has 0 bridgehead atoms. The lowest BCUT2D eigenvalue weighted by molar-refractivity contribution is 0.0515. The van der Waals surface area contributed by atoms with Gasteiger partial charge in [-0.15, -0.1) is 0 Å². The molecule has 26 heavy (non-hydrogen) atoms. The molecule has 0 amide bonds. The van der Waals surface area contributed by atoms with Crippen molar-refractivity contribution in [3.63, 3.8) is 0 Å². The summed E-state index contributed by atoms with van der Waals surface area (Å²) in [6.45, 7) is 4.14. The van der Waals surface area contributed by atoms with Crippen LogP contribution in [0.4, 0.5) is 0 Å². The summed E-state index contributed by atoms with van der Waals surface area (Å²) >= 11 is 0. The van der Waals surface area contributed by atoms with Gasteiger partial charge in [-0.3, -0.25) is 0 Å². The number of carbonyl (C=O) groups is 1. The molecule has 6 heteroatoms. The third-order valence-electron chi connectivity index (χ3n) is 3.91. The number of aliphatic hydroxyl groups is 1. The number of allylic oxidation sites excluding steroid dienone is 1. The molecule has 0 saturated heterocycles. The van der Waals surface area contributed by atoms with Crippen LogP contribution in [0.15, 0.2) is 36.5 Å². The van der Waals surface area contributed by atoms with Crippen molar-refractivity contribution in [1.29, 1.82) is 0 Å². The van der Waals surface area contributed by atoms with E-state index in [2.05, 4.69) is 0 Å². The van der Waals surface area contributed by atoms with E-state index in [-0.39, 0.29) is 19.2 Å². The van der Waals surface area contributed by atoms with Crippen LogP contribution in [0.2, 0.25) is 0 Å². The highest BCUT2D eigenvalue weighted by Gasteiger charge is 2.18. The monoisotopic (exact) mass is 359 g/mol. The van der Waals surface area contributed by atoms with E-state index in [1.54, 1.807) is 37.8 Å². The van der Waals surface area contributed by atoms with Crippen LogP contribution < -0.4 is 9.47 Å². The van der Waals surface area contributed by atoms with Crippen LogP contribution in [-0.2, 0) is 11.8 Å². The molecule has 0 fully saturated rings. The van der Waals surface area contributed by atoms with Gasteiger partial charge in [0.1, 0.15) is 23.8 Å². The summed E-state index contributed by atoms with van der Waals surface area (Å²) in [5, 5.41) is 9.06. The predicted molar refractivity (Wildman–Crippen MR) is 99.7 cm³/mol. The summed E-state index contributed by atoms with van der Waals surface area (Å²) in [6, 6.07) is 7.28. The zero-order valence-electron chi connectivity index (χ0n) is 15.6. The number of ether oxygens (including phenoxy) is 3. The van der Waals surface area contributed by atoms with Crippen LogP contribution in [0, 0.1) is 0 Å². The average molecular weight is 359 g/mol. The highest BCUT2D eigenvalue weighted by molar-refractivity contribution is 5.91. The molecule has 6 nitrogen and oxygen atoms in total. The molecule has 0 saturated carbocycles. The van der Waals surface area contributed by atoms with Crippen LogP contribution in [0.5, 0.6) is 11.5 Å². The average Bonchev–Trinajstić information content (AvgIpc) is 3.02. The first kappa shape index (κ1) is 19.6. The molecule has 2 rings (SSSR count). The van der Waals surface area contributed by atoms with Gasteiger partial charge in [-0.1, -0.05) is 6.08 Å². The molecule has 1 heterocycles. The fraction of sp³-hybridized carbons (Fsp3) is 0.350. The lowest BCUT2D eigenvalue weighted by atomic mass is 9.98. The summed E-state index contributed by atoms with van der Waals surface area (Å²) < 4.78 is 17.8. The molecule has 0 unspecified atom stereocenters. The van der Waals surface area contributed by atoms with Crippen LogP contribution >= 0.6 is 0 Å². The van der Waals surface area contributed by atoms with Gasteiger partial charge in [0.25, 0.3) is 0 Å². The minimum absolute atomic E-state index is 0.0744. The predicted octanol–water partition coefficient (Wildman–Crippen LogP) is 3.03. The lowest BCUT2D eigenvalue weighted by Gasteiger charge is -2.14. The first-order valence-corrected chi connectivity index (χ1v) is 8.47. The first-order chi connectivity index (χ1) is 12.5. The SMILES string of the molecule is C/C=C(\c1cc(C(=O)OCC)n(C)c1)c1cc(OC)ccc1OCCO. The Labute approximate surface area is 153 Å². The van der Waals surface area contributed by atoms with Gasteiger partial charge in [-0.25, -0.2) is 4.79 Å². The molecule has 1 N–H and O–H groups in total. The normalized spacial score (nSPS) is 11.3. The van der Waals surface area contributed by atoms with E-state index in [9.17, 15) is 4.79 Å². The molecule has 140 valence electrons. The van der Waals surface area contributed by atoms with Crippen LogP contribution in [0.25, 0.3) is 5.57 Å². The van der Waals surface area contributed by atoms with Crippen molar-refractivity contribution in [2.24, 2.45) is 7.05 Å². The molecule has 0 aliphatic carbocycles. The van der Waals surface area contributed by atoms with E-state index >= 15 is 0 Å². The summed E-state index contributed by atoms with van der Waals surface area (Å²) in [7, 11) is 3.40. The number of aromatic nitrogens is 1. The van der Waals surface area contributed by atoms with Gasteiger partial charge < -0.3 is 23.9 Å². The smallest absolute Gasteiger partial charge is 0.354 e. The minimum atomic E-state index is -0.362. The third-order valence-corrected chi connectivity index (χ3v) is 3.91. The maximum Gasteiger partial charge on any atom is 0.354 e. The number of hydrogen-bond donors (Lipinski definition) is 1. The third kappa shape index (κ3) is 4.26. The van der Waals surface area contributed by atoms with Crippen molar-refractivity contribution >= 4 is 11.5 Å². The molecule has 2 aromatic rings. The first-order valence-electron chi connectivity index (χ1n) is 8.47. The van der Waals surface area contributed by atoms with Crippen molar-refractivity contribution < 1.29 is 24.1 Å². The van der Waals surface area contributed by atoms with Crippen molar-refractivity contribution in [3.8, 4) is 11.5 Å². The van der Waals surface area contributed by atoms with Crippen molar-refractivity contribution in [1.82, 2.24) is 4.57 Å². The van der Waals surface area contributed by atoms with Gasteiger partial charge in [0.2, 0.25) is 0 Å². The minimum Gasteiger partial charge on any atom is -0.497 e. The Morgan fingerprint density at radius 3 is 2.69 bits per heavy atom. The van der Waals surface area contributed by atoms with Gasteiger partial charge in [0.15, 0.2) is 0 Å². The largest absolute Gasteiger partial charge is 0.497 e. The molecule has 0 aliphatic rings. The summed E-state index contributed by atoms with van der Waals surface area (Å²) in [5.74, 6) is 0.964. The zero-order chi connectivity index (χ0) is 19.1. The van der Waals surface area contributed by atoms with E-state index in [4.69, 9.17) is 19.3 Å². The standard InChI is InChI=1S/C20H25NO5/c1-5-16(14-11-18(21(3)13-14)20(23)25-6-2)17-12-15(24-4)7-8-19(17)26-10-9-22/h5,7-8,11-13,22H,6,9-10H2,1-4H3/b16-5+.